The lowest BCUT2D eigenvalue weighted by atomic mass is 10.1. The van der Waals surface area contributed by atoms with Crippen LogP contribution in [0.15, 0.2) is 36.4 Å². The summed E-state index contributed by atoms with van der Waals surface area (Å²) in [6.45, 7) is 1.87. The van der Waals surface area contributed by atoms with Crippen molar-refractivity contribution >= 4 is 22.6 Å². The number of rotatable bonds is 1. The minimum Gasteiger partial charge on any atom is -0.508 e. The molecule has 96 valence electrons. The molecule has 1 aromatic heterocycles. The predicted octanol–water partition coefficient (Wildman–Crippen LogP) is 3.91. The van der Waals surface area contributed by atoms with Crippen LogP contribution in [0.1, 0.15) is 5.56 Å². The van der Waals surface area contributed by atoms with Gasteiger partial charge >= 0.3 is 0 Å². The number of nitrogens with zero attached hydrogens (tertiary/aromatic N) is 2. The number of aromatic nitrogens is 2. The Morgan fingerprint density at radius 1 is 1.21 bits per heavy atom. The Morgan fingerprint density at radius 3 is 2.68 bits per heavy atom. The van der Waals surface area contributed by atoms with Crippen molar-refractivity contribution in [3.63, 3.8) is 0 Å². The lowest BCUT2D eigenvalue weighted by molar-refractivity contribution is 0.471. The van der Waals surface area contributed by atoms with E-state index in [4.69, 9.17) is 11.6 Å². The summed E-state index contributed by atoms with van der Waals surface area (Å²) in [5.41, 5.74) is 3.58. The highest BCUT2D eigenvalue weighted by Crippen LogP contribution is 2.30. The highest BCUT2D eigenvalue weighted by Gasteiger charge is 2.12. The van der Waals surface area contributed by atoms with Crippen molar-refractivity contribution in [1.82, 2.24) is 9.55 Å². The maximum atomic E-state index is 9.60. The van der Waals surface area contributed by atoms with E-state index in [2.05, 4.69) is 4.98 Å². The van der Waals surface area contributed by atoms with E-state index in [9.17, 15) is 5.11 Å². The second kappa shape index (κ2) is 4.28. The molecule has 0 saturated heterocycles. The Kier molecular flexibility index (Phi) is 2.72. The normalized spacial score (nSPS) is 11.1. The highest BCUT2D eigenvalue weighted by molar-refractivity contribution is 6.35. The Morgan fingerprint density at radius 2 is 2.00 bits per heavy atom. The number of aryl methyl sites for hydroxylation is 2. The number of hydrogen-bond donors (Lipinski definition) is 1. The van der Waals surface area contributed by atoms with Gasteiger partial charge in [0.25, 0.3) is 0 Å². The van der Waals surface area contributed by atoms with Crippen LogP contribution in [0.4, 0.5) is 0 Å². The van der Waals surface area contributed by atoms with Crippen LogP contribution in [-0.4, -0.2) is 14.7 Å². The quantitative estimate of drug-likeness (QED) is 0.729. The van der Waals surface area contributed by atoms with Gasteiger partial charge in [0.05, 0.1) is 16.1 Å². The van der Waals surface area contributed by atoms with E-state index in [0.717, 1.165) is 28.0 Å². The molecule has 3 aromatic rings. The van der Waals surface area contributed by atoms with Gasteiger partial charge in [-0.25, -0.2) is 4.98 Å². The predicted molar refractivity (Wildman–Crippen MR) is 77.6 cm³/mol. The van der Waals surface area contributed by atoms with E-state index >= 15 is 0 Å². The molecule has 0 saturated carbocycles. The van der Waals surface area contributed by atoms with Crippen molar-refractivity contribution in [2.45, 2.75) is 6.92 Å². The lowest BCUT2D eigenvalue weighted by Crippen LogP contribution is -1.93. The van der Waals surface area contributed by atoms with Crippen LogP contribution < -0.4 is 0 Å². The molecule has 1 N–H and O–H groups in total. The number of phenolic OH excluding ortho intramolecular Hbond substituents is 1. The molecular weight excluding hydrogens is 260 g/mol. The maximum absolute atomic E-state index is 9.60. The second-order valence-electron chi connectivity index (χ2n) is 4.60. The molecule has 3 nitrogen and oxygen atoms in total. The number of aromatic hydroxyl groups is 1. The number of benzene rings is 2. The number of fused-ring (bicyclic) bond motifs is 1. The van der Waals surface area contributed by atoms with Gasteiger partial charge in [-0.2, -0.15) is 0 Å². The monoisotopic (exact) mass is 272 g/mol. The summed E-state index contributed by atoms with van der Waals surface area (Å²) in [6.07, 6.45) is 0. The summed E-state index contributed by atoms with van der Waals surface area (Å²) in [6, 6.07) is 11.2. The van der Waals surface area contributed by atoms with Gasteiger partial charge in [0.1, 0.15) is 11.6 Å². The van der Waals surface area contributed by atoms with E-state index in [0.29, 0.717) is 10.8 Å². The van der Waals surface area contributed by atoms with Gasteiger partial charge in [0.15, 0.2) is 0 Å². The Bertz CT molecular complexity index is 777. The molecule has 0 aliphatic rings. The largest absolute Gasteiger partial charge is 0.508 e. The number of para-hydroxylation sites is 1. The third-order valence-corrected chi connectivity index (χ3v) is 3.60. The van der Waals surface area contributed by atoms with E-state index in [1.165, 1.54) is 0 Å². The summed E-state index contributed by atoms with van der Waals surface area (Å²) in [5.74, 6) is 1.13. The number of phenols is 1. The standard InChI is InChI=1S/C15H13ClN2O/c1-9-8-10(6-7-13(9)19)15-17-12-5-3-4-11(16)14(12)18(15)2/h3-8,19H,1-2H3. The Hall–Kier alpha value is -2.00. The topological polar surface area (TPSA) is 38.0 Å². The van der Waals surface area contributed by atoms with Crippen molar-refractivity contribution in [3.8, 4) is 17.1 Å². The zero-order chi connectivity index (χ0) is 13.6. The lowest BCUT2D eigenvalue weighted by Gasteiger charge is -2.05. The van der Waals surface area contributed by atoms with Gasteiger partial charge in [0, 0.05) is 12.6 Å². The van der Waals surface area contributed by atoms with Crippen molar-refractivity contribution in [3.05, 3.63) is 47.0 Å². The molecule has 1 heterocycles. The summed E-state index contributed by atoms with van der Waals surface area (Å²) < 4.78 is 1.98. The first-order valence-electron chi connectivity index (χ1n) is 5.99. The smallest absolute Gasteiger partial charge is 0.140 e. The van der Waals surface area contributed by atoms with Crippen LogP contribution in [0.3, 0.4) is 0 Å². The maximum Gasteiger partial charge on any atom is 0.140 e. The first-order valence-corrected chi connectivity index (χ1v) is 6.36. The van der Waals surface area contributed by atoms with Crippen LogP contribution in [0.2, 0.25) is 5.02 Å². The van der Waals surface area contributed by atoms with Crippen LogP contribution in [0.25, 0.3) is 22.4 Å². The highest BCUT2D eigenvalue weighted by atomic mass is 35.5. The third kappa shape index (κ3) is 1.87. The first kappa shape index (κ1) is 12.1. The van der Waals surface area contributed by atoms with Crippen molar-refractivity contribution < 1.29 is 5.11 Å². The average Bonchev–Trinajstić information content (AvgIpc) is 2.72. The number of imidazole rings is 1. The van der Waals surface area contributed by atoms with Crippen LogP contribution in [-0.2, 0) is 7.05 Å². The summed E-state index contributed by atoms with van der Waals surface area (Å²) in [5, 5.41) is 10.3. The van der Waals surface area contributed by atoms with Gasteiger partial charge in [-0.1, -0.05) is 17.7 Å². The summed E-state index contributed by atoms with van der Waals surface area (Å²) >= 11 is 6.22. The molecule has 2 aromatic carbocycles. The molecule has 0 amide bonds. The van der Waals surface area contributed by atoms with Gasteiger partial charge in [-0.05, 0) is 42.8 Å². The number of hydrogen-bond acceptors (Lipinski definition) is 2. The molecule has 0 atom stereocenters. The molecule has 0 aliphatic heterocycles. The molecule has 0 spiro atoms. The average molecular weight is 273 g/mol. The Balaban J connectivity index is 2.28. The molecule has 0 aliphatic carbocycles. The molecule has 0 bridgehead atoms. The molecule has 0 radical (unpaired) electrons. The van der Waals surface area contributed by atoms with Crippen LogP contribution in [0.5, 0.6) is 5.75 Å². The van der Waals surface area contributed by atoms with Crippen molar-refractivity contribution in [2.75, 3.05) is 0 Å². The van der Waals surface area contributed by atoms with Gasteiger partial charge < -0.3 is 9.67 Å². The number of halogens is 1. The minimum atomic E-state index is 0.292. The van der Waals surface area contributed by atoms with E-state index in [1.807, 2.05) is 48.9 Å². The zero-order valence-corrected chi connectivity index (χ0v) is 11.4. The molecule has 4 heteroatoms. The fourth-order valence-corrected chi connectivity index (χ4v) is 2.57. The second-order valence-corrected chi connectivity index (χ2v) is 5.01. The van der Waals surface area contributed by atoms with Crippen molar-refractivity contribution in [1.29, 1.82) is 0 Å². The van der Waals surface area contributed by atoms with E-state index in [1.54, 1.807) is 6.07 Å². The van der Waals surface area contributed by atoms with Gasteiger partial charge in [0.2, 0.25) is 0 Å². The van der Waals surface area contributed by atoms with Gasteiger partial charge in [-0.15, -0.1) is 0 Å². The van der Waals surface area contributed by atoms with Gasteiger partial charge in [-0.3, -0.25) is 0 Å². The minimum absolute atomic E-state index is 0.292. The Labute approximate surface area is 116 Å². The fraction of sp³-hybridized carbons (Fsp3) is 0.133. The molecule has 19 heavy (non-hydrogen) atoms. The first-order chi connectivity index (χ1) is 9.08. The zero-order valence-electron chi connectivity index (χ0n) is 10.7. The fourth-order valence-electron chi connectivity index (χ4n) is 2.27. The summed E-state index contributed by atoms with van der Waals surface area (Å²) in [4.78, 5) is 4.61. The summed E-state index contributed by atoms with van der Waals surface area (Å²) in [7, 11) is 1.94. The SMILES string of the molecule is Cc1cc(-c2nc3cccc(Cl)c3n2C)ccc1O. The third-order valence-electron chi connectivity index (χ3n) is 3.30. The molecule has 0 fully saturated rings. The van der Waals surface area contributed by atoms with Crippen molar-refractivity contribution in [2.24, 2.45) is 7.05 Å². The van der Waals surface area contributed by atoms with Crippen LogP contribution in [0, 0.1) is 6.92 Å². The van der Waals surface area contributed by atoms with E-state index < -0.39 is 0 Å². The molecular formula is C15H13ClN2O. The molecule has 0 unspecified atom stereocenters. The van der Waals surface area contributed by atoms with E-state index in [-0.39, 0.29) is 0 Å². The molecule has 3 rings (SSSR count). The van der Waals surface area contributed by atoms with Crippen LogP contribution >= 0.6 is 11.6 Å².